The van der Waals surface area contributed by atoms with Crippen molar-refractivity contribution in [2.75, 3.05) is 0 Å². The van der Waals surface area contributed by atoms with Crippen molar-refractivity contribution in [1.29, 1.82) is 0 Å². The monoisotopic (exact) mass is 356 g/mol. The first kappa shape index (κ1) is 19.1. The molecule has 0 nitrogen and oxygen atoms in total. The molecule has 0 bridgehead atoms. The summed E-state index contributed by atoms with van der Waals surface area (Å²) in [5, 5.41) is 0. The molecule has 7 atom stereocenters. The second kappa shape index (κ2) is 7.63. The van der Waals surface area contributed by atoms with Crippen molar-refractivity contribution < 1.29 is 0 Å². The first-order chi connectivity index (χ1) is 12.5. The van der Waals surface area contributed by atoms with Crippen molar-refractivity contribution in [2.45, 2.75) is 105 Å². The fourth-order valence-electron chi connectivity index (χ4n) is 8.27. The number of hydrogen-bond donors (Lipinski definition) is 0. The highest BCUT2D eigenvalue weighted by atomic mass is 14.6. The molecule has 0 radical (unpaired) electrons. The van der Waals surface area contributed by atoms with Crippen LogP contribution in [0.1, 0.15) is 105 Å². The predicted molar refractivity (Wildman–Crippen MR) is 113 cm³/mol. The largest absolute Gasteiger partial charge is 0.0847 e. The van der Waals surface area contributed by atoms with Gasteiger partial charge >= 0.3 is 0 Å². The van der Waals surface area contributed by atoms with E-state index in [-0.39, 0.29) is 0 Å². The van der Waals surface area contributed by atoms with Crippen LogP contribution in [0.15, 0.2) is 11.6 Å². The molecule has 0 aliphatic heterocycles. The molecule has 4 aliphatic rings. The minimum absolute atomic E-state index is 0.665. The van der Waals surface area contributed by atoms with Gasteiger partial charge in [-0.25, -0.2) is 0 Å². The maximum Gasteiger partial charge on any atom is -0.0172 e. The van der Waals surface area contributed by atoms with Crippen molar-refractivity contribution in [3.8, 4) is 0 Å². The molecule has 148 valence electrons. The highest BCUT2D eigenvalue weighted by Gasteiger charge is 2.56. The molecule has 0 N–H and O–H groups in total. The van der Waals surface area contributed by atoms with Crippen LogP contribution in [0, 0.1) is 46.8 Å². The fraction of sp³-hybridized carbons (Fsp3) is 0.923. The van der Waals surface area contributed by atoms with Crippen LogP contribution in [-0.4, -0.2) is 0 Å². The summed E-state index contributed by atoms with van der Waals surface area (Å²) in [7, 11) is 0. The van der Waals surface area contributed by atoms with Crippen LogP contribution in [-0.2, 0) is 0 Å². The Morgan fingerprint density at radius 2 is 1.85 bits per heavy atom. The van der Waals surface area contributed by atoms with Gasteiger partial charge in [-0.2, -0.15) is 0 Å². The molecular weight excluding hydrogens is 312 g/mol. The van der Waals surface area contributed by atoms with Gasteiger partial charge in [0.25, 0.3) is 0 Å². The average molecular weight is 357 g/mol. The second-order valence-corrected chi connectivity index (χ2v) is 11.3. The molecular formula is C26H44. The topological polar surface area (TPSA) is 0 Å². The molecule has 3 saturated carbocycles. The standard InChI is InChI=1S/C26H44/c1-18(2)8-7-9-19(3)24-14-15-25-23-13-12-20-10-5-6-11-21(20)22(23)16-17-26(24,25)4/h12,18-19,21-25H,5-11,13-17H2,1-4H3/t19-,21?,22?,23?,24-,25?,26-/m1/s1. The molecule has 0 spiro atoms. The van der Waals surface area contributed by atoms with Gasteiger partial charge in [0.15, 0.2) is 0 Å². The Kier molecular flexibility index (Phi) is 5.60. The molecule has 4 rings (SSSR count). The first-order valence-corrected chi connectivity index (χ1v) is 12.2. The van der Waals surface area contributed by atoms with E-state index in [1.165, 1.54) is 57.8 Å². The molecule has 0 aromatic carbocycles. The number of allylic oxidation sites excluding steroid dienone is 2. The summed E-state index contributed by atoms with van der Waals surface area (Å²) in [5.41, 5.74) is 2.55. The zero-order valence-electron chi connectivity index (χ0n) is 18.1. The quantitative estimate of drug-likeness (QED) is 0.437. The van der Waals surface area contributed by atoms with Gasteiger partial charge in [-0.1, -0.05) is 65.0 Å². The number of rotatable bonds is 5. The van der Waals surface area contributed by atoms with E-state index >= 15 is 0 Å². The smallest absolute Gasteiger partial charge is 0.0172 e. The lowest BCUT2D eigenvalue weighted by Crippen LogP contribution is -2.46. The maximum absolute atomic E-state index is 2.73. The molecule has 0 heterocycles. The molecule has 0 saturated heterocycles. The van der Waals surface area contributed by atoms with Crippen molar-refractivity contribution in [2.24, 2.45) is 46.8 Å². The van der Waals surface area contributed by atoms with Crippen LogP contribution in [0.4, 0.5) is 0 Å². The van der Waals surface area contributed by atoms with E-state index in [1.54, 1.807) is 19.3 Å². The highest BCUT2D eigenvalue weighted by Crippen LogP contribution is 2.64. The van der Waals surface area contributed by atoms with Crippen LogP contribution in [0.3, 0.4) is 0 Å². The summed E-state index contributed by atoms with van der Waals surface area (Å²) < 4.78 is 0. The lowest BCUT2D eigenvalue weighted by atomic mass is 9.51. The van der Waals surface area contributed by atoms with E-state index in [0.29, 0.717) is 5.41 Å². The Hall–Kier alpha value is -0.260. The van der Waals surface area contributed by atoms with Crippen molar-refractivity contribution in [1.82, 2.24) is 0 Å². The summed E-state index contributed by atoms with van der Waals surface area (Å²) in [5.74, 6) is 6.97. The van der Waals surface area contributed by atoms with Gasteiger partial charge in [-0.15, -0.1) is 0 Å². The van der Waals surface area contributed by atoms with E-state index in [0.717, 1.165) is 41.4 Å². The molecule has 4 unspecified atom stereocenters. The summed E-state index contributed by atoms with van der Waals surface area (Å²) >= 11 is 0. The van der Waals surface area contributed by atoms with Gasteiger partial charge in [0.1, 0.15) is 0 Å². The molecule has 0 aromatic rings. The fourth-order valence-corrected chi connectivity index (χ4v) is 8.27. The third kappa shape index (κ3) is 3.33. The lowest BCUT2D eigenvalue weighted by Gasteiger charge is -2.54. The van der Waals surface area contributed by atoms with Gasteiger partial charge in [0.2, 0.25) is 0 Å². The van der Waals surface area contributed by atoms with Gasteiger partial charge < -0.3 is 0 Å². The Morgan fingerprint density at radius 1 is 1.00 bits per heavy atom. The van der Waals surface area contributed by atoms with Gasteiger partial charge in [0, 0.05) is 0 Å². The Bertz CT molecular complexity index is 514. The van der Waals surface area contributed by atoms with Crippen LogP contribution < -0.4 is 0 Å². The zero-order chi connectivity index (χ0) is 18.3. The third-order valence-corrected chi connectivity index (χ3v) is 9.57. The summed E-state index contributed by atoms with van der Waals surface area (Å²) in [4.78, 5) is 0. The van der Waals surface area contributed by atoms with Gasteiger partial charge in [-0.05, 0) is 98.2 Å². The minimum atomic E-state index is 0.665. The molecule has 3 fully saturated rings. The SMILES string of the molecule is CC(C)CCC[C@@H](C)[C@H]1CCC2C3CC=C4CCCCC4C3CC[C@@]21C. The van der Waals surface area contributed by atoms with Crippen LogP contribution in [0.2, 0.25) is 0 Å². The molecule has 4 aliphatic carbocycles. The molecule has 26 heavy (non-hydrogen) atoms. The Balaban J connectivity index is 1.45. The van der Waals surface area contributed by atoms with E-state index in [1.807, 2.05) is 5.57 Å². The van der Waals surface area contributed by atoms with E-state index in [4.69, 9.17) is 0 Å². The predicted octanol–water partition coefficient (Wildman–Crippen LogP) is 8.03. The van der Waals surface area contributed by atoms with Crippen molar-refractivity contribution in [3.63, 3.8) is 0 Å². The van der Waals surface area contributed by atoms with Crippen LogP contribution >= 0.6 is 0 Å². The summed E-state index contributed by atoms with van der Waals surface area (Å²) in [6.07, 6.45) is 20.6. The first-order valence-electron chi connectivity index (χ1n) is 12.2. The summed E-state index contributed by atoms with van der Waals surface area (Å²) in [6, 6.07) is 0. The average Bonchev–Trinajstić information content (AvgIpc) is 2.98. The lowest BCUT2D eigenvalue weighted by molar-refractivity contribution is -0.0247. The van der Waals surface area contributed by atoms with Gasteiger partial charge in [-0.3, -0.25) is 0 Å². The van der Waals surface area contributed by atoms with Crippen LogP contribution in [0.25, 0.3) is 0 Å². The number of fused-ring (bicyclic) bond motifs is 5. The Labute approximate surface area is 163 Å². The highest BCUT2D eigenvalue weighted by molar-refractivity contribution is 5.19. The minimum Gasteiger partial charge on any atom is -0.0847 e. The number of hydrogen-bond acceptors (Lipinski definition) is 0. The van der Waals surface area contributed by atoms with Crippen LogP contribution in [0.5, 0.6) is 0 Å². The van der Waals surface area contributed by atoms with E-state index in [2.05, 4.69) is 33.8 Å². The molecule has 0 aromatic heterocycles. The Morgan fingerprint density at radius 3 is 2.65 bits per heavy atom. The van der Waals surface area contributed by atoms with Crippen molar-refractivity contribution in [3.05, 3.63) is 11.6 Å². The van der Waals surface area contributed by atoms with Gasteiger partial charge in [0.05, 0.1) is 0 Å². The molecule has 0 amide bonds. The summed E-state index contributed by atoms with van der Waals surface area (Å²) in [6.45, 7) is 10.1. The van der Waals surface area contributed by atoms with E-state index < -0.39 is 0 Å². The van der Waals surface area contributed by atoms with E-state index in [9.17, 15) is 0 Å². The third-order valence-electron chi connectivity index (χ3n) is 9.57. The molecule has 0 heteroatoms. The maximum atomic E-state index is 2.73. The second-order valence-electron chi connectivity index (χ2n) is 11.3. The zero-order valence-corrected chi connectivity index (χ0v) is 18.1. The normalized spacial score (nSPS) is 43.4. The van der Waals surface area contributed by atoms with Crippen molar-refractivity contribution >= 4 is 0 Å².